The molecule has 0 unspecified atom stereocenters. The van der Waals surface area contributed by atoms with E-state index in [0.717, 1.165) is 24.9 Å². The standard InChI is InChI=1S/C23H30N6O2/c24-21-20-22(27-23(26-21)31-18-8-1-2-9-18)29(15-19(30)25-20)14-17-7-5-6-16(12-17)13-28-10-3-4-11-28/h5-7,12,18H,1-4,8-11,13-15H2,(H,25,30)(H2,24,26,27). The molecule has 3 heterocycles. The van der Waals surface area contributed by atoms with E-state index in [1.54, 1.807) is 0 Å². The van der Waals surface area contributed by atoms with Crippen molar-refractivity contribution in [3.63, 3.8) is 0 Å². The minimum atomic E-state index is -0.111. The molecule has 1 amide bonds. The molecule has 0 atom stereocenters. The lowest BCUT2D eigenvalue weighted by molar-refractivity contribution is -0.115. The highest BCUT2D eigenvalue weighted by Gasteiger charge is 2.28. The zero-order valence-electron chi connectivity index (χ0n) is 17.8. The molecule has 2 aliphatic heterocycles. The number of nitrogen functional groups attached to an aromatic ring is 1. The number of aromatic nitrogens is 2. The number of nitrogens with one attached hydrogen (secondary N) is 1. The molecule has 1 saturated carbocycles. The number of hydrogen-bond acceptors (Lipinski definition) is 7. The Morgan fingerprint density at radius 1 is 1.06 bits per heavy atom. The zero-order chi connectivity index (χ0) is 21.2. The number of ether oxygens (including phenoxy) is 1. The van der Waals surface area contributed by atoms with Gasteiger partial charge in [0, 0.05) is 13.1 Å². The monoisotopic (exact) mass is 422 g/mol. The third kappa shape index (κ3) is 4.58. The Morgan fingerprint density at radius 3 is 2.58 bits per heavy atom. The van der Waals surface area contributed by atoms with Crippen LogP contribution in [0.1, 0.15) is 49.7 Å². The fraction of sp³-hybridized carbons (Fsp3) is 0.522. The summed E-state index contributed by atoms with van der Waals surface area (Å²) in [6.45, 7) is 4.11. The van der Waals surface area contributed by atoms with Gasteiger partial charge in [-0.15, -0.1) is 0 Å². The van der Waals surface area contributed by atoms with Gasteiger partial charge in [-0.2, -0.15) is 9.97 Å². The predicted molar refractivity (Wildman–Crippen MR) is 120 cm³/mol. The molecule has 1 aromatic heterocycles. The van der Waals surface area contributed by atoms with Gasteiger partial charge >= 0.3 is 6.01 Å². The second-order valence-electron chi connectivity index (χ2n) is 8.82. The van der Waals surface area contributed by atoms with Gasteiger partial charge in [-0.3, -0.25) is 9.69 Å². The lowest BCUT2D eigenvalue weighted by atomic mass is 10.1. The maximum absolute atomic E-state index is 12.3. The maximum Gasteiger partial charge on any atom is 0.320 e. The predicted octanol–water partition coefficient (Wildman–Crippen LogP) is 2.93. The van der Waals surface area contributed by atoms with Crippen molar-refractivity contribution in [2.24, 2.45) is 0 Å². The van der Waals surface area contributed by atoms with Gasteiger partial charge in [0.2, 0.25) is 5.91 Å². The van der Waals surface area contributed by atoms with Crippen molar-refractivity contribution in [2.75, 3.05) is 35.6 Å². The van der Waals surface area contributed by atoms with Crippen LogP contribution < -0.4 is 20.7 Å². The van der Waals surface area contributed by atoms with E-state index in [1.165, 1.54) is 44.3 Å². The Morgan fingerprint density at radius 2 is 1.81 bits per heavy atom. The second-order valence-corrected chi connectivity index (χ2v) is 8.82. The fourth-order valence-corrected chi connectivity index (χ4v) is 4.81. The third-order valence-corrected chi connectivity index (χ3v) is 6.34. The Balaban J connectivity index is 1.37. The molecule has 8 heteroatoms. The third-order valence-electron chi connectivity index (χ3n) is 6.34. The number of likely N-dealkylation sites (tertiary alicyclic amines) is 1. The molecular formula is C23H30N6O2. The molecule has 0 spiro atoms. The van der Waals surface area contributed by atoms with E-state index in [-0.39, 0.29) is 24.4 Å². The summed E-state index contributed by atoms with van der Waals surface area (Å²) in [6.07, 6.45) is 7.08. The van der Waals surface area contributed by atoms with E-state index in [4.69, 9.17) is 10.5 Å². The average molecular weight is 423 g/mol. The molecule has 164 valence electrons. The number of fused-ring (bicyclic) bond motifs is 1. The number of benzene rings is 1. The number of amides is 1. The summed E-state index contributed by atoms with van der Waals surface area (Å²) in [7, 11) is 0. The molecule has 31 heavy (non-hydrogen) atoms. The number of nitrogens with two attached hydrogens (primary N) is 1. The van der Waals surface area contributed by atoms with Crippen molar-refractivity contribution < 1.29 is 9.53 Å². The minimum absolute atomic E-state index is 0.111. The summed E-state index contributed by atoms with van der Waals surface area (Å²) in [4.78, 5) is 25.7. The highest BCUT2D eigenvalue weighted by molar-refractivity contribution is 6.03. The summed E-state index contributed by atoms with van der Waals surface area (Å²) >= 11 is 0. The van der Waals surface area contributed by atoms with Crippen molar-refractivity contribution in [2.45, 2.75) is 57.7 Å². The van der Waals surface area contributed by atoms with E-state index in [9.17, 15) is 4.79 Å². The van der Waals surface area contributed by atoms with Gasteiger partial charge in [-0.1, -0.05) is 24.3 Å². The van der Waals surface area contributed by atoms with Crippen molar-refractivity contribution in [1.82, 2.24) is 14.9 Å². The van der Waals surface area contributed by atoms with Crippen LogP contribution in [0, 0.1) is 0 Å². The average Bonchev–Trinajstić information content (AvgIpc) is 3.44. The molecule has 3 N–H and O–H groups in total. The Labute approximate surface area is 182 Å². The van der Waals surface area contributed by atoms with Gasteiger partial charge in [0.15, 0.2) is 11.6 Å². The van der Waals surface area contributed by atoms with E-state index in [0.29, 0.717) is 24.1 Å². The molecule has 1 aliphatic carbocycles. The normalized spacial score (nSPS) is 19.5. The first kappa shape index (κ1) is 20.1. The van der Waals surface area contributed by atoms with Crippen LogP contribution in [0.4, 0.5) is 17.3 Å². The van der Waals surface area contributed by atoms with Crippen LogP contribution in [0.3, 0.4) is 0 Å². The molecule has 1 aromatic carbocycles. The number of nitrogens with zero attached hydrogens (tertiary/aromatic N) is 4. The van der Waals surface area contributed by atoms with Gasteiger partial charge in [-0.25, -0.2) is 0 Å². The first-order chi connectivity index (χ1) is 15.1. The summed E-state index contributed by atoms with van der Waals surface area (Å²) < 4.78 is 5.99. The van der Waals surface area contributed by atoms with Gasteiger partial charge in [0.25, 0.3) is 0 Å². The minimum Gasteiger partial charge on any atom is -0.460 e. The quantitative estimate of drug-likeness (QED) is 0.739. The van der Waals surface area contributed by atoms with Gasteiger partial charge in [0.05, 0.1) is 6.54 Å². The lowest BCUT2D eigenvalue weighted by Gasteiger charge is -2.30. The molecule has 0 bridgehead atoms. The molecule has 1 saturated heterocycles. The van der Waals surface area contributed by atoms with E-state index >= 15 is 0 Å². The SMILES string of the molecule is Nc1nc(OC2CCCC2)nc2c1NC(=O)CN2Cc1cccc(CN2CCCC2)c1. The number of rotatable bonds is 6. The number of carbonyl (C=O) groups is 1. The maximum atomic E-state index is 12.3. The van der Waals surface area contributed by atoms with Crippen LogP contribution in [0.5, 0.6) is 6.01 Å². The van der Waals surface area contributed by atoms with Crippen LogP contribution in [-0.4, -0.2) is 46.5 Å². The Hall–Kier alpha value is -2.87. The molecule has 8 nitrogen and oxygen atoms in total. The second kappa shape index (κ2) is 8.70. The summed E-state index contributed by atoms with van der Waals surface area (Å²) in [5.41, 5.74) is 9.09. The van der Waals surface area contributed by atoms with E-state index in [1.807, 2.05) is 4.90 Å². The fourth-order valence-electron chi connectivity index (χ4n) is 4.81. The van der Waals surface area contributed by atoms with Crippen molar-refractivity contribution in [1.29, 1.82) is 0 Å². The van der Waals surface area contributed by atoms with Gasteiger partial charge in [0.1, 0.15) is 11.8 Å². The number of carbonyl (C=O) groups excluding carboxylic acids is 1. The Kier molecular flexibility index (Phi) is 5.63. The van der Waals surface area contributed by atoms with Crippen LogP contribution >= 0.6 is 0 Å². The van der Waals surface area contributed by atoms with Crippen molar-refractivity contribution >= 4 is 23.2 Å². The number of anilines is 3. The summed E-state index contributed by atoms with van der Waals surface area (Å²) in [6, 6.07) is 8.89. The van der Waals surface area contributed by atoms with Crippen molar-refractivity contribution in [3.8, 4) is 6.01 Å². The van der Waals surface area contributed by atoms with Crippen molar-refractivity contribution in [3.05, 3.63) is 35.4 Å². The molecule has 3 aliphatic rings. The van der Waals surface area contributed by atoms with Gasteiger partial charge < -0.3 is 20.7 Å². The number of hydrogen-bond donors (Lipinski definition) is 2. The van der Waals surface area contributed by atoms with Gasteiger partial charge in [-0.05, 0) is 62.7 Å². The van der Waals surface area contributed by atoms with E-state index < -0.39 is 0 Å². The lowest BCUT2D eigenvalue weighted by Crippen LogP contribution is -2.39. The summed E-state index contributed by atoms with van der Waals surface area (Å²) in [5, 5.41) is 2.83. The first-order valence-corrected chi connectivity index (χ1v) is 11.3. The summed E-state index contributed by atoms with van der Waals surface area (Å²) in [5.74, 6) is 0.768. The molecule has 0 radical (unpaired) electrons. The highest BCUT2D eigenvalue weighted by Crippen LogP contribution is 2.35. The van der Waals surface area contributed by atoms with Crippen LogP contribution in [0.15, 0.2) is 24.3 Å². The molecular weight excluding hydrogens is 392 g/mol. The molecule has 5 rings (SSSR count). The molecule has 2 fully saturated rings. The van der Waals surface area contributed by atoms with Crippen LogP contribution in [0.25, 0.3) is 0 Å². The topological polar surface area (TPSA) is 96.6 Å². The Bertz CT molecular complexity index is 953. The van der Waals surface area contributed by atoms with Crippen LogP contribution in [0.2, 0.25) is 0 Å². The highest BCUT2D eigenvalue weighted by atomic mass is 16.5. The molecule has 2 aromatic rings. The van der Waals surface area contributed by atoms with E-state index in [2.05, 4.69) is 44.5 Å². The smallest absolute Gasteiger partial charge is 0.320 e. The van der Waals surface area contributed by atoms with Crippen LogP contribution in [-0.2, 0) is 17.9 Å². The zero-order valence-corrected chi connectivity index (χ0v) is 17.8. The largest absolute Gasteiger partial charge is 0.460 e. The first-order valence-electron chi connectivity index (χ1n) is 11.3.